The zero-order valence-corrected chi connectivity index (χ0v) is 21.2. The Kier molecular flexibility index (Phi) is 9.67. The van der Waals surface area contributed by atoms with Crippen LogP contribution in [0.2, 0.25) is 0 Å². The highest BCUT2D eigenvalue weighted by Crippen LogP contribution is 2.31. The van der Waals surface area contributed by atoms with Gasteiger partial charge in [-0.3, -0.25) is 9.59 Å². The van der Waals surface area contributed by atoms with E-state index in [1.807, 2.05) is 30.1 Å². The normalized spacial score (nSPS) is 15.4. The standard InChI is InChI=1S/C24H35N5O4S/c1-5-17-7-6-11-29(17)18-8-9-20(19(15-18)22(30)25-10-13-32-3)26-23(31)21-16-34-24(27-21)28(2)12-14-33-4/h8-9,15-17H,5-7,10-14H2,1-4H3,(H,25,30)(H,26,31)/t17-/m0/s1. The maximum atomic E-state index is 13.0. The second-order valence-corrected chi connectivity index (χ2v) is 9.10. The van der Waals surface area contributed by atoms with E-state index in [9.17, 15) is 9.59 Å². The van der Waals surface area contributed by atoms with Crippen molar-refractivity contribution in [2.24, 2.45) is 0 Å². The number of carbonyl (C=O) groups is 2. The van der Waals surface area contributed by atoms with Crippen molar-refractivity contribution in [3.63, 3.8) is 0 Å². The number of anilines is 3. The lowest BCUT2D eigenvalue weighted by molar-refractivity contribution is 0.0938. The molecule has 9 nitrogen and oxygen atoms in total. The molecule has 34 heavy (non-hydrogen) atoms. The van der Waals surface area contributed by atoms with E-state index in [1.54, 1.807) is 19.6 Å². The van der Waals surface area contributed by atoms with E-state index in [2.05, 4.69) is 27.4 Å². The summed E-state index contributed by atoms with van der Waals surface area (Å²) in [4.78, 5) is 34.7. The fraction of sp³-hybridized carbons (Fsp3) is 0.542. The monoisotopic (exact) mass is 489 g/mol. The zero-order valence-electron chi connectivity index (χ0n) is 20.4. The smallest absolute Gasteiger partial charge is 0.275 e. The number of hydrogen-bond acceptors (Lipinski definition) is 8. The molecule has 186 valence electrons. The van der Waals surface area contributed by atoms with E-state index in [4.69, 9.17) is 9.47 Å². The number of rotatable bonds is 12. The van der Waals surface area contributed by atoms with E-state index in [-0.39, 0.29) is 11.8 Å². The van der Waals surface area contributed by atoms with Crippen LogP contribution in [-0.4, -0.2) is 77.0 Å². The molecule has 3 rings (SSSR count). The minimum Gasteiger partial charge on any atom is -0.383 e. The Morgan fingerprint density at radius 2 is 2.03 bits per heavy atom. The molecule has 10 heteroatoms. The zero-order chi connectivity index (χ0) is 24.5. The van der Waals surface area contributed by atoms with Gasteiger partial charge < -0.3 is 29.9 Å². The van der Waals surface area contributed by atoms with E-state index >= 15 is 0 Å². The molecule has 1 aliphatic heterocycles. The first-order valence-electron chi connectivity index (χ1n) is 11.6. The molecule has 2 heterocycles. The summed E-state index contributed by atoms with van der Waals surface area (Å²) in [6.07, 6.45) is 3.34. The van der Waals surface area contributed by atoms with Crippen LogP contribution in [-0.2, 0) is 9.47 Å². The molecule has 1 aliphatic rings. The summed E-state index contributed by atoms with van der Waals surface area (Å²) >= 11 is 1.39. The highest BCUT2D eigenvalue weighted by molar-refractivity contribution is 7.13. The molecular weight excluding hydrogens is 454 g/mol. The van der Waals surface area contributed by atoms with Crippen LogP contribution in [0.4, 0.5) is 16.5 Å². The van der Waals surface area contributed by atoms with Crippen LogP contribution in [0.25, 0.3) is 0 Å². The van der Waals surface area contributed by atoms with Crippen molar-refractivity contribution in [3.8, 4) is 0 Å². The van der Waals surface area contributed by atoms with E-state index < -0.39 is 0 Å². The second kappa shape index (κ2) is 12.7. The first-order chi connectivity index (χ1) is 16.5. The molecule has 1 saturated heterocycles. The number of carbonyl (C=O) groups excluding carboxylic acids is 2. The molecular formula is C24H35N5O4S. The summed E-state index contributed by atoms with van der Waals surface area (Å²) in [6.45, 7) is 5.19. The van der Waals surface area contributed by atoms with E-state index in [0.29, 0.717) is 49.3 Å². The average Bonchev–Trinajstić information content (AvgIpc) is 3.53. The summed E-state index contributed by atoms with van der Waals surface area (Å²) in [5.41, 5.74) is 2.19. The molecule has 2 N–H and O–H groups in total. The van der Waals surface area contributed by atoms with Gasteiger partial charge in [0.25, 0.3) is 11.8 Å². The highest BCUT2D eigenvalue weighted by Gasteiger charge is 2.25. The SMILES string of the molecule is CC[C@H]1CCCN1c1ccc(NC(=O)c2csc(N(C)CCOC)n2)c(C(=O)NCCOC)c1. The van der Waals surface area contributed by atoms with Gasteiger partial charge in [0.1, 0.15) is 5.69 Å². The summed E-state index contributed by atoms with van der Waals surface area (Å²) in [6, 6.07) is 6.12. The van der Waals surface area contributed by atoms with Crippen molar-refractivity contribution in [2.45, 2.75) is 32.2 Å². The number of benzene rings is 1. The molecule has 0 saturated carbocycles. The number of nitrogens with zero attached hydrogens (tertiary/aromatic N) is 3. The quantitative estimate of drug-likeness (QED) is 0.442. The second-order valence-electron chi connectivity index (χ2n) is 8.26. The number of aromatic nitrogens is 1. The number of hydrogen-bond donors (Lipinski definition) is 2. The van der Waals surface area contributed by atoms with Gasteiger partial charge in [-0.25, -0.2) is 4.98 Å². The molecule has 1 atom stereocenters. The molecule has 0 unspecified atom stereocenters. The van der Waals surface area contributed by atoms with Crippen molar-refractivity contribution < 1.29 is 19.1 Å². The van der Waals surface area contributed by atoms with Crippen LogP contribution in [0, 0.1) is 0 Å². The fourth-order valence-electron chi connectivity index (χ4n) is 4.02. The maximum Gasteiger partial charge on any atom is 0.275 e. The van der Waals surface area contributed by atoms with Crippen molar-refractivity contribution in [3.05, 3.63) is 34.8 Å². The van der Waals surface area contributed by atoms with Crippen LogP contribution >= 0.6 is 11.3 Å². The van der Waals surface area contributed by atoms with Gasteiger partial charge in [0, 0.05) is 58.0 Å². The largest absolute Gasteiger partial charge is 0.383 e. The van der Waals surface area contributed by atoms with Crippen LogP contribution in [0.3, 0.4) is 0 Å². The van der Waals surface area contributed by atoms with Crippen LogP contribution in [0.15, 0.2) is 23.6 Å². The Balaban J connectivity index is 1.81. The Bertz CT molecular complexity index is 967. The maximum absolute atomic E-state index is 13.0. The van der Waals surface area contributed by atoms with E-state index in [1.165, 1.54) is 11.3 Å². The Morgan fingerprint density at radius 1 is 1.24 bits per heavy atom. The first kappa shape index (κ1) is 25.9. The predicted molar refractivity (Wildman–Crippen MR) is 137 cm³/mol. The number of nitrogens with one attached hydrogen (secondary N) is 2. The minimum atomic E-state index is -0.353. The molecule has 1 aromatic heterocycles. The van der Waals surface area contributed by atoms with Gasteiger partial charge >= 0.3 is 0 Å². The van der Waals surface area contributed by atoms with Gasteiger partial charge in [-0.05, 0) is 37.5 Å². The van der Waals surface area contributed by atoms with Crippen LogP contribution < -0.4 is 20.4 Å². The highest BCUT2D eigenvalue weighted by atomic mass is 32.1. The van der Waals surface area contributed by atoms with Gasteiger partial charge in [-0.1, -0.05) is 6.92 Å². The summed E-state index contributed by atoms with van der Waals surface area (Å²) in [7, 11) is 5.14. The number of ether oxygens (including phenoxy) is 2. The van der Waals surface area contributed by atoms with E-state index in [0.717, 1.165) is 36.6 Å². The summed E-state index contributed by atoms with van der Waals surface area (Å²) < 4.78 is 10.2. The molecule has 0 spiro atoms. The fourth-order valence-corrected chi connectivity index (χ4v) is 4.82. The molecule has 0 radical (unpaired) electrons. The minimum absolute atomic E-state index is 0.250. The number of thiazole rings is 1. The topological polar surface area (TPSA) is 96.0 Å². The van der Waals surface area contributed by atoms with Gasteiger partial charge in [-0.2, -0.15) is 0 Å². The van der Waals surface area contributed by atoms with Gasteiger partial charge in [-0.15, -0.1) is 11.3 Å². The number of amides is 2. The molecule has 2 amide bonds. The van der Waals surface area contributed by atoms with Crippen LogP contribution in [0.5, 0.6) is 0 Å². The predicted octanol–water partition coefficient (Wildman–Crippen LogP) is 3.23. The Hall–Kier alpha value is -2.69. The van der Waals surface area contributed by atoms with Gasteiger partial charge in [0.15, 0.2) is 5.13 Å². The molecule has 0 aliphatic carbocycles. The third-order valence-electron chi connectivity index (χ3n) is 5.95. The van der Waals surface area contributed by atoms with Crippen LogP contribution in [0.1, 0.15) is 47.0 Å². The average molecular weight is 490 g/mol. The Labute approximate surface area is 205 Å². The number of likely N-dealkylation sites (N-methyl/N-ethyl adjacent to an activating group) is 1. The van der Waals surface area contributed by atoms with Crippen molar-refractivity contribution in [2.75, 3.05) is 69.2 Å². The van der Waals surface area contributed by atoms with Crippen molar-refractivity contribution in [1.82, 2.24) is 10.3 Å². The molecule has 0 bridgehead atoms. The van der Waals surface area contributed by atoms with Gasteiger partial charge in [0.05, 0.1) is 24.5 Å². The summed E-state index contributed by atoms with van der Waals surface area (Å²) in [5.74, 6) is -0.603. The van der Waals surface area contributed by atoms with Crippen molar-refractivity contribution in [1.29, 1.82) is 0 Å². The summed E-state index contributed by atoms with van der Waals surface area (Å²) in [5, 5.41) is 8.21. The molecule has 2 aromatic rings. The lowest BCUT2D eigenvalue weighted by Crippen LogP contribution is -2.30. The first-order valence-corrected chi connectivity index (χ1v) is 12.5. The Morgan fingerprint density at radius 3 is 2.76 bits per heavy atom. The molecule has 1 aromatic carbocycles. The third-order valence-corrected chi connectivity index (χ3v) is 6.90. The third kappa shape index (κ3) is 6.46. The molecule has 1 fully saturated rings. The lowest BCUT2D eigenvalue weighted by Gasteiger charge is -2.27. The van der Waals surface area contributed by atoms with Crippen molar-refractivity contribution >= 4 is 39.7 Å². The number of methoxy groups -OCH3 is 2. The lowest BCUT2D eigenvalue weighted by atomic mass is 10.1. The van der Waals surface area contributed by atoms with Gasteiger partial charge in [0.2, 0.25) is 0 Å².